The number of aliphatic hydroxyl groups excluding tert-OH is 1. The maximum absolute atomic E-state index is 11.2. The Bertz CT molecular complexity index is 270. The smallest absolute Gasteiger partial charge is 0.158 e. The number of hydrogen-bond donors (Lipinski definition) is 1. The molecular weight excluding hydrogens is 204 g/mol. The highest BCUT2D eigenvalue weighted by molar-refractivity contribution is 5.79. The van der Waals surface area contributed by atoms with E-state index >= 15 is 0 Å². The maximum Gasteiger partial charge on any atom is 0.158 e. The molecule has 0 spiro atoms. The number of Topliss-reactive ketones (excluding diaryl/α,β-unsaturated/α-hetero) is 1. The number of carbonyl (C=O) groups is 2. The van der Waals surface area contributed by atoms with Crippen LogP contribution in [0.25, 0.3) is 0 Å². The van der Waals surface area contributed by atoms with Gasteiger partial charge in [0.2, 0.25) is 0 Å². The van der Waals surface area contributed by atoms with Crippen molar-refractivity contribution in [2.45, 2.75) is 44.9 Å². The van der Waals surface area contributed by atoms with Crippen LogP contribution >= 0.6 is 0 Å². The van der Waals surface area contributed by atoms with Crippen LogP contribution in [0.3, 0.4) is 0 Å². The van der Waals surface area contributed by atoms with Crippen LogP contribution in [0, 0.1) is 5.41 Å². The molecule has 0 radical (unpaired) electrons. The number of allylic oxidation sites excluding steroid dienone is 2. The van der Waals surface area contributed by atoms with E-state index in [4.69, 9.17) is 5.11 Å². The summed E-state index contributed by atoms with van der Waals surface area (Å²) in [6.45, 7) is -0.412. The van der Waals surface area contributed by atoms with Gasteiger partial charge in [-0.3, -0.25) is 4.79 Å². The molecule has 1 unspecified atom stereocenters. The second kappa shape index (κ2) is 6.59. The largest absolute Gasteiger partial charge is 0.389 e. The Morgan fingerprint density at radius 3 is 2.88 bits per heavy atom. The molecular formula is C13H20O3. The lowest BCUT2D eigenvalue weighted by atomic mass is 9.75. The van der Waals surface area contributed by atoms with Gasteiger partial charge in [0, 0.05) is 11.8 Å². The predicted molar refractivity (Wildman–Crippen MR) is 62.0 cm³/mol. The molecule has 1 atom stereocenters. The van der Waals surface area contributed by atoms with Crippen LogP contribution in [0.5, 0.6) is 0 Å². The normalized spacial score (nSPS) is 27.8. The number of aldehydes is 1. The van der Waals surface area contributed by atoms with E-state index in [0.29, 0.717) is 12.8 Å². The fourth-order valence-electron chi connectivity index (χ4n) is 2.14. The molecule has 0 aliphatic heterocycles. The number of rotatable bonds is 5. The van der Waals surface area contributed by atoms with Crippen molar-refractivity contribution in [3.63, 3.8) is 0 Å². The molecule has 0 bridgehead atoms. The monoisotopic (exact) mass is 224 g/mol. The molecule has 0 amide bonds. The Kier molecular flexibility index (Phi) is 5.39. The summed E-state index contributed by atoms with van der Waals surface area (Å²) in [7, 11) is 0. The molecule has 1 N–H and O–H groups in total. The summed E-state index contributed by atoms with van der Waals surface area (Å²) in [5.41, 5.74) is -0.373. The van der Waals surface area contributed by atoms with Gasteiger partial charge in [0.15, 0.2) is 5.78 Å². The first-order chi connectivity index (χ1) is 7.72. The molecule has 1 aliphatic carbocycles. The van der Waals surface area contributed by atoms with Gasteiger partial charge in [0.1, 0.15) is 12.9 Å². The maximum atomic E-state index is 11.2. The van der Waals surface area contributed by atoms with E-state index in [9.17, 15) is 9.59 Å². The SMILES string of the molecule is O=CC1(CCC(=O)CO)C/C=C\CCCC1. The summed E-state index contributed by atoms with van der Waals surface area (Å²) in [6.07, 6.45) is 10.9. The zero-order valence-corrected chi connectivity index (χ0v) is 9.65. The summed E-state index contributed by atoms with van der Waals surface area (Å²) < 4.78 is 0. The van der Waals surface area contributed by atoms with E-state index < -0.39 is 6.61 Å². The van der Waals surface area contributed by atoms with Gasteiger partial charge in [-0.05, 0) is 32.1 Å². The van der Waals surface area contributed by atoms with Crippen molar-refractivity contribution in [2.24, 2.45) is 5.41 Å². The Labute approximate surface area is 96.5 Å². The Hall–Kier alpha value is -0.960. The molecule has 0 aromatic rings. The van der Waals surface area contributed by atoms with Crippen LogP contribution in [-0.4, -0.2) is 23.8 Å². The van der Waals surface area contributed by atoms with Crippen LogP contribution in [-0.2, 0) is 9.59 Å². The third kappa shape index (κ3) is 3.89. The highest BCUT2D eigenvalue weighted by Crippen LogP contribution is 2.34. The summed E-state index contributed by atoms with van der Waals surface area (Å²) in [6, 6.07) is 0. The van der Waals surface area contributed by atoms with Crippen LogP contribution in [0.2, 0.25) is 0 Å². The van der Waals surface area contributed by atoms with Crippen molar-refractivity contribution in [2.75, 3.05) is 6.61 Å². The molecule has 0 saturated carbocycles. The molecule has 90 valence electrons. The van der Waals surface area contributed by atoms with Crippen molar-refractivity contribution < 1.29 is 14.7 Å². The number of aliphatic hydroxyl groups is 1. The lowest BCUT2D eigenvalue weighted by Crippen LogP contribution is -2.24. The van der Waals surface area contributed by atoms with E-state index in [1.807, 2.05) is 0 Å². The van der Waals surface area contributed by atoms with Crippen LogP contribution in [0.1, 0.15) is 44.9 Å². The topological polar surface area (TPSA) is 54.4 Å². The highest BCUT2D eigenvalue weighted by Gasteiger charge is 2.28. The predicted octanol–water partition coefficient (Wildman–Crippen LogP) is 2.03. The third-order valence-electron chi connectivity index (χ3n) is 3.31. The quantitative estimate of drug-likeness (QED) is 0.574. The summed E-state index contributed by atoms with van der Waals surface area (Å²) >= 11 is 0. The van der Waals surface area contributed by atoms with Gasteiger partial charge < -0.3 is 9.90 Å². The van der Waals surface area contributed by atoms with Gasteiger partial charge in [0.05, 0.1) is 0 Å². The second-order valence-electron chi connectivity index (χ2n) is 4.60. The van der Waals surface area contributed by atoms with Gasteiger partial charge in [-0.1, -0.05) is 18.6 Å². The summed E-state index contributed by atoms with van der Waals surface area (Å²) in [5.74, 6) is -0.174. The van der Waals surface area contributed by atoms with Gasteiger partial charge >= 0.3 is 0 Å². The van der Waals surface area contributed by atoms with E-state index in [0.717, 1.165) is 38.4 Å². The second-order valence-corrected chi connectivity index (χ2v) is 4.60. The van der Waals surface area contributed by atoms with Crippen molar-refractivity contribution in [1.29, 1.82) is 0 Å². The zero-order chi connectivity index (χ0) is 11.9. The fraction of sp³-hybridized carbons (Fsp3) is 0.692. The molecule has 0 saturated heterocycles. The van der Waals surface area contributed by atoms with Crippen LogP contribution < -0.4 is 0 Å². The van der Waals surface area contributed by atoms with E-state index in [1.165, 1.54) is 0 Å². The van der Waals surface area contributed by atoms with Crippen molar-refractivity contribution >= 4 is 12.1 Å². The fourth-order valence-corrected chi connectivity index (χ4v) is 2.14. The van der Waals surface area contributed by atoms with Crippen molar-refractivity contribution in [3.8, 4) is 0 Å². The molecule has 0 aromatic heterocycles. The average molecular weight is 224 g/mol. The summed E-state index contributed by atoms with van der Waals surface area (Å²) in [4.78, 5) is 22.3. The molecule has 1 aliphatic rings. The first-order valence-electron chi connectivity index (χ1n) is 5.96. The van der Waals surface area contributed by atoms with Gasteiger partial charge in [0.25, 0.3) is 0 Å². The molecule has 0 aromatic carbocycles. The molecule has 1 rings (SSSR count). The number of ketones is 1. The minimum absolute atomic E-state index is 0.174. The molecule has 3 heteroatoms. The van der Waals surface area contributed by atoms with E-state index in [1.54, 1.807) is 0 Å². The van der Waals surface area contributed by atoms with Crippen LogP contribution in [0.4, 0.5) is 0 Å². The molecule has 3 nitrogen and oxygen atoms in total. The standard InChI is InChI=1S/C13H20O3/c14-10-12(16)6-9-13(11-15)7-4-2-1-3-5-8-13/h2,4,11,14H,1,3,5-10H2/b4-2-. The highest BCUT2D eigenvalue weighted by atomic mass is 16.3. The Balaban J connectivity index is 2.59. The van der Waals surface area contributed by atoms with Crippen molar-refractivity contribution in [1.82, 2.24) is 0 Å². The van der Waals surface area contributed by atoms with Gasteiger partial charge in [-0.25, -0.2) is 0 Å². The lowest BCUT2D eigenvalue weighted by Gasteiger charge is -2.27. The zero-order valence-electron chi connectivity index (χ0n) is 9.65. The minimum atomic E-state index is -0.412. The van der Waals surface area contributed by atoms with E-state index in [-0.39, 0.29) is 11.2 Å². The first kappa shape index (κ1) is 13.1. The Morgan fingerprint density at radius 1 is 1.38 bits per heavy atom. The van der Waals surface area contributed by atoms with Crippen molar-refractivity contribution in [3.05, 3.63) is 12.2 Å². The molecule has 0 heterocycles. The third-order valence-corrected chi connectivity index (χ3v) is 3.31. The van der Waals surface area contributed by atoms with Gasteiger partial charge in [-0.2, -0.15) is 0 Å². The average Bonchev–Trinajstić information content (AvgIpc) is 2.28. The van der Waals surface area contributed by atoms with E-state index in [2.05, 4.69) is 12.2 Å². The minimum Gasteiger partial charge on any atom is -0.389 e. The number of hydrogen-bond acceptors (Lipinski definition) is 3. The summed E-state index contributed by atoms with van der Waals surface area (Å²) in [5, 5.41) is 8.67. The lowest BCUT2D eigenvalue weighted by molar-refractivity contribution is -0.123. The first-order valence-corrected chi connectivity index (χ1v) is 5.96. The molecule has 16 heavy (non-hydrogen) atoms. The number of carbonyl (C=O) groups excluding carboxylic acids is 2. The molecule has 0 fully saturated rings. The Morgan fingerprint density at radius 2 is 2.19 bits per heavy atom. The van der Waals surface area contributed by atoms with Gasteiger partial charge in [-0.15, -0.1) is 0 Å². The van der Waals surface area contributed by atoms with Crippen LogP contribution in [0.15, 0.2) is 12.2 Å².